The van der Waals surface area contributed by atoms with Crippen LogP contribution in [0.15, 0.2) is 24.3 Å². The summed E-state index contributed by atoms with van der Waals surface area (Å²) in [5.41, 5.74) is 5.05. The molecule has 0 heterocycles. The summed E-state index contributed by atoms with van der Waals surface area (Å²) in [4.78, 5) is 12.1. The molecule has 0 amide bonds. The molecule has 0 radical (unpaired) electrons. The van der Waals surface area contributed by atoms with Gasteiger partial charge in [-0.2, -0.15) is 0 Å². The number of carbonyl (C=O) groups is 1. The van der Waals surface area contributed by atoms with Crippen molar-refractivity contribution in [3.63, 3.8) is 0 Å². The van der Waals surface area contributed by atoms with Gasteiger partial charge in [-0.3, -0.25) is 4.79 Å². The second-order valence-corrected chi connectivity index (χ2v) is 5.25. The van der Waals surface area contributed by atoms with Crippen LogP contribution in [0.1, 0.15) is 31.1 Å². The highest BCUT2D eigenvalue weighted by Gasteiger charge is 2.35. The molecule has 0 bridgehead atoms. The minimum atomic E-state index is -4.85. The van der Waals surface area contributed by atoms with Crippen LogP contribution >= 0.6 is 0 Å². The van der Waals surface area contributed by atoms with Crippen molar-refractivity contribution in [2.75, 3.05) is 0 Å². The third-order valence-electron chi connectivity index (χ3n) is 2.59. The lowest BCUT2D eigenvalue weighted by molar-refractivity contribution is -0.274. The first-order chi connectivity index (χ1) is 8.52. The molecule has 0 fully saturated rings. The molecular weight excluding hydrogens is 259 g/mol. The second-order valence-electron chi connectivity index (χ2n) is 5.25. The lowest BCUT2D eigenvalue weighted by atomic mass is 9.83. The lowest BCUT2D eigenvalue weighted by Crippen LogP contribution is -2.42. The van der Waals surface area contributed by atoms with Crippen LogP contribution in [0.5, 0.6) is 5.75 Å². The summed E-state index contributed by atoms with van der Waals surface area (Å²) in [5, 5.41) is 0. The second kappa shape index (κ2) is 5.21. The van der Waals surface area contributed by atoms with Gasteiger partial charge in [-0.15, -0.1) is 13.2 Å². The summed E-state index contributed by atoms with van der Waals surface area (Å²) in [6.07, 6.45) is -4.85. The van der Waals surface area contributed by atoms with E-state index in [4.69, 9.17) is 5.73 Å². The van der Waals surface area contributed by atoms with Gasteiger partial charge < -0.3 is 10.5 Å². The van der Waals surface area contributed by atoms with Crippen molar-refractivity contribution in [2.45, 2.75) is 33.2 Å². The summed E-state index contributed by atoms with van der Waals surface area (Å²) in [5.74, 6) is -1.10. The van der Waals surface area contributed by atoms with Crippen molar-refractivity contribution in [2.24, 2.45) is 11.1 Å². The standard InChI is InChI=1S/C13H16F3NO2/c1-12(2,3)11(17)10(18)8-6-4-5-7-9(8)19-13(14,15)16/h4-7,11H,17H2,1-3H3. The average molecular weight is 275 g/mol. The fraction of sp³-hybridized carbons (Fsp3) is 0.462. The Morgan fingerprint density at radius 2 is 1.74 bits per heavy atom. The first-order valence-electron chi connectivity index (χ1n) is 5.67. The minimum Gasteiger partial charge on any atom is -0.405 e. The number of ketones is 1. The van der Waals surface area contributed by atoms with Gasteiger partial charge in [0.05, 0.1) is 11.6 Å². The predicted molar refractivity (Wildman–Crippen MR) is 64.9 cm³/mol. The Morgan fingerprint density at radius 3 is 2.21 bits per heavy atom. The van der Waals surface area contributed by atoms with Crippen molar-refractivity contribution in [1.29, 1.82) is 0 Å². The monoisotopic (exact) mass is 275 g/mol. The Balaban J connectivity index is 3.11. The number of benzene rings is 1. The molecule has 0 saturated heterocycles. The molecule has 1 atom stereocenters. The third-order valence-corrected chi connectivity index (χ3v) is 2.59. The number of carbonyl (C=O) groups excluding carboxylic acids is 1. The van der Waals surface area contributed by atoms with Gasteiger partial charge in [0, 0.05) is 0 Å². The van der Waals surface area contributed by atoms with Crippen molar-refractivity contribution in [3.8, 4) is 5.75 Å². The van der Waals surface area contributed by atoms with E-state index in [1.807, 2.05) is 0 Å². The number of hydrogen-bond acceptors (Lipinski definition) is 3. The Labute approximate surface area is 109 Å². The molecule has 19 heavy (non-hydrogen) atoms. The highest BCUT2D eigenvalue weighted by molar-refractivity contribution is 6.02. The van der Waals surface area contributed by atoms with E-state index in [2.05, 4.69) is 4.74 Å². The van der Waals surface area contributed by atoms with Crippen LogP contribution in [0.25, 0.3) is 0 Å². The molecule has 3 nitrogen and oxygen atoms in total. The fourth-order valence-corrected chi connectivity index (χ4v) is 1.44. The number of Topliss-reactive ketones (excluding diaryl/α,β-unsaturated/α-hetero) is 1. The van der Waals surface area contributed by atoms with Gasteiger partial charge in [0.1, 0.15) is 5.75 Å². The zero-order chi connectivity index (χ0) is 14.8. The highest BCUT2D eigenvalue weighted by atomic mass is 19.4. The van der Waals surface area contributed by atoms with E-state index in [1.165, 1.54) is 18.2 Å². The van der Waals surface area contributed by atoms with Gasteiger partial charge >= 0.3 is 6.36 Å². The van der Waals surface area contributed by atoms with E-state index in [0.29, 0.717) is 0 Å². The lowest BCUT2D eigenvalue weighted by Gasteiger charge is -2.26. The minimum absolute atomic E-state index is 0.165. The van der Waals surface area contributed by atoms with E-state index in [-0.39, 0.29) is 5.56 Å². The normalized spacial score (nSPS) is 14.1. The maximum atomic E-state index is 12.3. The molecule has 6 heteroatoms. The van der Waals surface area contributed by atoms with Crippen molar-refractivity contribution >= 4 is 5.78 Å². The maximum absolute atomic E-state index is 12.3. The Kier molecular flexibility index (Phi) is 4.25. The van der Waals surface area contributed by atoms with E-state index >= 15 is 0 Å². The van der Waals surface area contributed by atoms with Crippen LogP contribution < -0.4 is 10.5 Å². The van der Waals surface area contributed by atoms with E-state index in [0.717, 1.165) is 6.07 Å². The molecule has 0 spiro atoms. The van der Waals surface area contributed by atoms with Crippen molar-refractivity contribution < 1.29 is 22.7 Å². The van der Waals surface area contributed by atoms with Gasteiger partial charge in [-0.25, -0.2) is 0 Å². The third kappa shape index (κ3) is 4.24. The zero-order valence-corrected chi connectivity index (χ0v) is 10.9. The molecule has 1 aromatic rings. The first-order valence-corrected chi connectivity index (χ1v) is 5.67. The molecule has 0 saturated carbocycles. The number of para-hydroxylation sites is 1. The molecule has 0 aliphatic carbocycles. The zero-order valence-electron chi connectivity index (χ0n) is 10.9. The quantitative estimate of drug-likeness (QED) is 0.862. The molecule has 2 N–H and O–H groups in total. The van der Waals surface area contributed by atoms with E-state index in [1.54, 1.807) is 20.8 Å². The Bertz CT molecular complexity index is 464. The number of ether oxygens (including phenoxy) is 1. The number of alkyl halides is 3. The molecular formula is C13H16F3NO2. The summed E-state index contributed by atoms with van der Waals surface area (Å²) < 4.78 is 40.6. The molecule has 1 rings (SSSR count). The highest BCUT2D eigenvalue weighted by Crippen LogP contribution is 2.29. The summed E-state index contributed by atoms with van der Waals surface area (Å²) in [7, 11) is 0. The summed E-state index contributed by atoms with van der Waals surface area (Å²) >= 11 is 0. The van der Waals surface area contributed by atoms with Crippen LogP contribution in [-0.2, 0) is 0 Å². The fourth-order valence-electron chi connectivity index (χ4n) is 1.44. The molecule has 1 aromatic carbocycles. The SMILES string of the molecule is CC(C)(C)C(N)C(=O)c1ccccc1OC(F)(F)F. The molecule has 1 unspecified atom stereocenters. The van der Waals surface area contributed by atoms with E-state index in [9.17, 15) is 18.0 Å². The van der Waals surface area contributed by atoms with Gasteiger partial charge in [0.25, 0.3) is 0 Å². The van der Waals surface area contributed by atoms with Gasteiger partial charge in [-0.1, -0.05) is 32.9 Å². The van der Waals surface area contributed by atoms with Crippen molar-refractivity contribution in [3.05, 3.63) is 29.8 Å². The Hall–Kier alpha value is -1.56. The molecule has 0 aliphatic rings. The molecule has 106 valence electrons. The van der Waals surface area contributed by atoms with Crippen molar-refractivity contribution in [1.82, 2.24) is 0 Å². The van der Waals surface area contributed by atoms with E-state index < -0.39 is 29.4 Å². The Morgan fingerprint density at radius 1 is 1.21 bits per heavy atom. The maximum Gasteiger partial charge on any atom is 0.573 e. The summed E-state index contributed by atoms with van der Waals surface area (Å²) in [6, 6.07) is 4.28. The van der Waals surface area contributed by atoms with Gasteiger partial charge in [0.15, 0.2) is 5.78 Å². The van der Waals surface area contributed by atoms with Crippen LogP contribution in [-0.4, -0.2) is 18.2 Å². The van der Waals surface area contributed by atoms with Crippen LogP contribution in [0, 0.1) is 5.41 Å². The number of nitrogens with two attached hydrogens (primary N) is 1. The predicted octanol–water partition coefficient (Wildman–Crippen LogP) is 3.14. The largest absolute Gasteiger partial charge is 0.573 e. The number of rotatable bonds is 3. The average Bonchev–Trinajstić information content (AvgIpc) is 2.24. The topological polar surface area (TPSA) is 52.3 Å². The number of halogens is 3. The number of hydrogen-bond donors (Lipinski definition) is 1. The van der Waals surface area contributed by atoms with Gasteiger partial charge in [-0.05, 0) is 17.5 Å². The molecule has 0 aromatic heterocycles. The first kappa shape index (κ1) is 15.5. The van der Waals surface area contributed by atoms with Crippen LogP contribution in [0.2, 0.25) is 0 Å². The molecule has 0 aliphatic heterocycles. The van der Waals surface area contributed by atoms with Crippen LogP contribution in [0.3, 0.4) is 0 Å². The smallest absolute Gasteiger partial charge is 0.405 e. The van der Waals surface area contributed by atoms with Gasteiger partial charge in [0.2, 0.25) is 0 Å². The van der Waals surface area contributed by atoms with Crippen LogP contribution in [0.4, 0.5) is 13.2 Å². The summed E-state index contributed by atoms with van der Waals surface area (Å²) in [6.45, 7) is 5.22.